The highest BCUT2D eigenvalue weighted by Crippen LogP contribution is 2.38. The number of Topliss-reactive ketones (excluding diaryl/α,β-unsaturated/α-hetero) is 5. The Hall–Kier alpha value is -15.1. The van der Waals surface area contributed by atoms with E-state index in [4.69, 9.17) is 14.0 Å². The molecule has 0 amide bonds. The van der Waals surface area contributed by atoms with E-state index in [1.54, 1.807) is 91.5 Å². The van der Waals surface area contributed by atoms with Gasteiger partial charge in [-0.2, -0.15) is 52.7 Å². The second-order valence-electron chi connectivity index (χ2n) is 34.9. The molecular weight excluding hydrogens is 1900 g/mol. The summed E-state index contributed by atoms with van der Waals surface area (Å²) >= 11 is 0. The topological polar surface area (TPSA) is 266 Å². The largest absolute Gasteiger partial charge is 0.496 e. The van der Waals surface area contributed by atoms with Crippen molar-refractivity contribution in [3.63, 3.8) is 0 Å². The van der Waals surface area contributed by atoms with Crippen LogP contribution in [-0.2, 0) is 145 Å². The highest BCUT2D eigenvalue weighted by atomic mass is 19.4. The lowest BCUT2D eigenvalue weighted by Crippen LogP contribution is -2.14. The molecule has 0 fully saturated rings. The van der Waals surface area contributed by atoms with Crippen LogP contribution in [0.25, 0.3) is 34.1 Å². The van der Waals surface area contributed by atoms with Crippen LogP contribution in [-0.4, -0.2) is 113 Å². The number of unbranched alkanes of at least 4 members (excludes halogenated alkanes) is 5. The van der Waals surface area contributed by atoms with Gasteiger partial charge in [0.25, 0.3) is 0 Å². The van der Waals surface area contributed by atoms with Gasteiger partial charge in [-0.1, -0.05) is 232 Å². The average Bonchev–Trinajstić information content (AvgIpc) is 1.78. The molecular formula is C111H113F13N14O8. The van der Waals surface area contributed by atoms with Gasteiger partial charge in [-0.25, -0.2) is 28.1 Å². The minimum atomic E-state index is -4.50. The Labute approximate surface area is 837 Å². The number of pyridine rings is 1. The van der Waals surface area contributed by atoms with Crippen LogP contribution in [0.15, 0.2) is 260 Å². The second-order valence-corrected chi connectivity index (χ2v) is 34.9. The Morgan fingerprint density at radius 3 is 1.11 bits per heavy atom. The fraction of sp³-hybridized carbons (Fsp3) is 0.324. The van der Waals surface area contributed by atoms with Crippen molar-refractivity contribution in [1.29, 1.82) is 0 Å². The molecule has 0 aliphatic rings. The van der Waals surface area contributed by atoms with Gasteiger partial charge < -0.3 is 14.0 Å². The zero-order valence-corrected chi connectivity index (χ0v) is 81.9. The molecule has 0 saturated carbocycles. The van der Waals surface area contributed by atoms with Crippen molar-refractivity contribution in [3.8, 4) is 45.6 Å². The molecule has 0 unspecified atom stereocenters. The van der Waals surface area contributed by atoms with Gasteiger partial charge in [0.2, 0.25) is 0 Å². The van der Waals surface area contributed by atoms with Crippen molar-refractivity contribution in [1.82, 2.24) is 70.1 Å². The molecule has 6 aromatic heterocycles. The fourth-order valence-electron chi connectivity index (χ4n) is 15.7. The Morgan fingerprint density at radius 1 is 0.322 bits per heavy atom. The zero-order valence-electron chi connectivity index (χ0n) is 81.9. The lowest BCUT2D eigenvalue weighted by atomic mass is 9.98. The lowest BCUT2D eigenvalue weighted by molar-refractivity contribution is -0.139. The van der Waals surface area contributed by atoms with Crippen LogP contribution in [0.1, 0.15) is 205 Å². The van der Waals surface area contributed by atoms with Crippen LogP contribution in [0.5, 0.6) is 11.5 Å². The SMILES string of the molecule is CCCCc1cc(-c2ccc(CC(=O)Cc3ccccc3C(F)(F)F)cc2)no1.CCCCc1cn(-c2ccc(CC(=O)Cc3cccc(F)c3)cc2)nn1.CCCCc1cn(-c2ccc(CC(=O)Cc3ccccc3C(F)(F)F)c(OC)c2)nn1.CCCCc1cn(-c2ccc(CC(=O)Cc3ccccc3C(F)(F)F)cc2OC)nn1.CCCCc1cn(-c2ccc(CC(=O)Cc3ccccc3C(F)(F)F)cn2)nn1. The van der Waals surface area contributed by atoms with Crippen LogP contribution in [0, 0.1) is 5.82 Å². The average molecular weight is 2020 g/mol. The number of benzene rings is 9. The summed E-state index contributed by atoms with van der Waals surface area (Å²) in [5.74, 6) is 0.921. The quantitative estimate of drug-likeness (QED) is 0.0322. The summed E-state index contributed by atoms with van der Waals surface area (Å²) in [6.07, 6.45) is 5.51. The maximum Gasteiger partial charge on any atom is 0.416 e. The van der Waals surface area contributed by atoms with Crippen LogP contribution in [0.2, 0.25) is 0 Å². The summed E-state index contributed by atoms with van der Waals surface area (Å²) in [5, 5.41) is 37.2. The predicted octanol–water partition coefficient (Wildman–Crippen LogP) is 24.5. The summed E-state index contributed by atoms with van der Waals surface area (Å²) in [6.45, 7) is 10.6. The number of carbonyl (C=O) groups is 5. The monoisotopic (exact) mass is 2020 g/mol. The predicted molar refractivity (Wildman–Crippen MR) is 526 cm³/mol. The molecule has 0 radical (unpaired) electrons. The Bertz CT molecular complexity index is 6580. The van der Waals surface area contributed by atoms with Crippen molar-refractivity contribution in [2.45, 2.75) is 220 Å². The molecule has 146 heavy (non-hydrogen) atoms. The molecule has 9 aromatic carbocycles. The Balaban J connectivity index is 0.000000174. The summed E-state index contributed by atoms with van der Waals surface area (Å²) in [6, 6.07) is 57.6. The molecule has 15 aromatic rings. The van der Waals surface area contributed by atoms with E-state index < -0.39 is 47.0 Å². The number of alkyl halides is 12. The number of ketones is 5. The summed E-state index contributed by atoms with van der Waals surface area (Å²) in [4.78, 5) is 66.1. The first kappa shape index (κ1) is 111. The number of rotatable bonds is 42. The third-order valence-electron chi connectivity index (χ3n) is 23.3. The number of halogens is 13. The van der Waals surface area contributed by atoms with Crippen LogP contribution in [0.3, 0.4) is 0 Å². The van der Waals surface area contributed by atoms with Crippen LogP contribution < -0.4 is 9.47 Å². The van der Waals surface area contributed by atoms with Gasteiger partial charge in [-0.05, 0) is 181 Å². The molecule has 0 bridgehead atoms. The minimum Gasteiger partial charge on any atom is -0.496 e. The number of methoxy groups -OCH3 is 2. The van der Waals surface area contributed by atoms with Crippen molar-refractivity contribution in [3.05, 3.63) is 368 Å². The first-order valence-corrected chi connectivity index (χ1v) is 48.0. The third-order valence-corrected chi connectivity index (χ3v) is 23.3. The van der Waals surface area contributed by atoms with E-state index in [1.165, 1.54) is 105 Å². The smallest absolute Gasteiger partial charge is 0.416 e. The highest BCUT2D eigenvalue weighted by molar-refractivity contribution is 5.86. The summed E-state index contributed by atoms with van der Waals surface area (Å²) in [5.41, 5.74) is 8.69. The van der Waals surface area contributed by atoms with Gasteiger partial charge in [0, 0.05) is 100 Å². The maximum atomic E-state index is 13.2. The number of carbonyl (C=O) groups excluding carboxylic acids is 5. The number of hydrogen-bond acceptors (Lipinski definition) is 18. The van der Waals surface area contributed by atoms with E-state index in [0.717, 1.165) is 183 Å². The van der Waals surface area contributed by atoms with E-state index in [9.17, 15) is 81.0 Å². The summed E-state index contributed by atoms with van der Waals surface area (Å²) < 4.78 is 193. The van der Waals surface area contributed by atoms with Crippen molar-refractivity contribution >= 4 is 28.9 Å². The van der Waals surface area contributed by atoms with Crippen molar-refractivity contribution < 1.29 is 95.0 Å². The van der Waals surface area contributed by atoms with E-state index >= 15 is 0 Å². The van der Waals surface area contributed by atoms with Gasteiger partial charge in [-0.15, -0.1) is 20.4 Å². The number of aromatic nitrogens is 14. The molecule has 0 aliphatic carbocycles. The highest BCUT2D eigenvalue weighted by Gasteiger charge is 2.37. The van der Waals surface area contributed by atoms with Gasteiger partial charge >= 0.3 is 24.7 Å². The van der Waals surface area contributed by atoms with Crippen molar-refractivity contribution in [2.24, 2.45) is 0 Å². The molecule has 22 nitrogen and oxygen atoms in total. The normalized spacial score (nSPS) is 11.4. The molecule has 0 aliphatic heterocycles. The van der Waals surface area contributed by atoms with Gasteiger partial charge in [-0.3, -0.25) is 24.0 Å². The molecule has 0 saturated heterocycles. The molecule has 35 heteroatoms. The molecule has 0 spiro atoms. The van der Waals surface area contributed by atoms with E-state index in [1.807, 2.05) is 67.3 Å². The zero-order chi connectivity index (χ0) is 105. The van der Waals surface area contributed by atoms with Gasteiger partial charge in [0.05, 0.1) is 95.4 Å². The van der Waals surface area contributed by atoms with Crippen LogP contribution >= 0.6 is 0 Å². The number of hydrogen-bond donors (Lipinski definition) is 0. The first-order valence-electron chi connectivity index (χ1n) is 48.0. The van der Waals surface area contributed by atoms with E-state index in [2.05, 4.69) is 86.0 Å². The molecule has 6 heterocycles. The molecule has 766 valence electrons. The molecule has 15 rings (SSSR count). The number of aryl methyl sites for hydroxylation is 5. The van der Waals surface area contributed by atoms with E-state index in [-0.39, 0.29) is 115 Å². The van der Waals surface area contributed by atoms with Crippen LogP contribution in [0.4, 0.5) is 57.1 Å². The Kier molecular flexibility index (Phi) is 41.2. The lowest BCUT2D eigenvalue weighted by Gasteiger charge is -2.13. The van der Waals surface area contributed by atoms with E-state index in [0.29, 0.717) is 51.7 Å². The minimum absolute atomic E-state index is 0.00192. The molecule has 0 atom stereocenters. The second kappa shape index (κ2) is 54.0. The fourth-order valence-corrected chi connectivity index (χ4v) is 15.7. The standard InChI is InChI=1S/2C23H24F3N3O2.C23H22F3NO2.C21H21F3N4O.C21H22FN3O/c1-3-4-8-18-15-29(28-27-18)21-11-10-16(13-22(21)31-2)12-19(30)14-17-7-5-6-9-20(17)23(24,25)26;1-3-4-8-18-15-29(28-27-18)19-11-10-17(22(14-19)31-2)13-20(30)12-16-7-5-6-9-21(16)23(24,25)26;1-2-3-7-20-15-22(27-29-20)17-11-9-16(10-12-17)13-19(28)14-18-6-4-5-8-21(18)23(24,25)26;1-2-3-7-17-14-28(27-26-17)20-10-9-15(13-25-20)11-18(29)12-16-6-4-5-8-19(16)21(22,23)24;1-2-3-7-19-15-25(24-23-19)20-10-8-16(9-11-20)13-21(26)14-17-5-4-6-18(22)12-17/h5-7,9-11,13,15H,3-4,8,12,14H2,1-2H3;5-7,9-11,14-15H,3-4,8,12-13H2,1-2H3;4-6,8-12,15H,2-3,7,13-14H2,1H3;4-6,8-10,13-14H,2-3,7,11-12H2,1H3;4-6,8-12,15H,2-3,7,13-14H2,1H3. The Morgan fingerprint density at radius 2 is 0.678 bits per heavy atom. The summed E-state index contributed by atoms with van der Waals surface area (Å²) in [7, 11) is 3.00. The van der Waals surface area contributed by atoms with Crippen molar-refractivity contribution in [2.75, 3.05) is 14.2 Å². The van der Waals surface area contributed by atoms with Gasteiger partial charge in [0.15, 0.2) is 5.82 Å². The van der Waals surface area contributed by atoms with Gasteiger partial charge in [0.1, 0.15) is 63.4 Å². The first-order chi connectivity index (χ1) is 70.0. The molecule has 0 N–H and O–H groups in total. The third kappa shape index (κ3) is 34.3. The maximum absolute atomic E-state index is 13.2. The number of ether oxygens (including phenoxy) is 2. The number of nitrogens with zero attached hydrogens (tertiary/aromatic N) is 14.